The lowest BCUT2D eigenvalue weighted by Crippen LogP contribution is -2.27. The van der Waals surface area contributed by atoms with Gasteiger partial charge in [0.15, 0.2) is 0 Å². The zero-order chi connectivity index (χ0) is 17.2. The molecule has 0 saturated carbocycles. The Bertz CT molecular complexity index is 893. The number of thiazole rings is 1. The summed E-state index contributed by atoms with van der Waals surface area (Å²) in [6, 6.07) is 9.75. The molecule has 0 saturated heterocycles. The number of amides is 1. The number of carbonyl (C=O) groups is 1. The van der Waals surface area contributed by atoms with Crippen molar-refractivity contribution in [1.82, 2.24) is 9.97 Å². The SMILES string of the molecule is O=C(Nc1ccc(F)cc1)C1CCc2nc(-c3ccncc3)sc2C1. The van der Waals surface area contributed by atoms with Gasteiger partial charge in [0.25, 0.3) is 0 Å². The first-order valence-corrected chi connectivity index (χ1v) is 8.96. The van der Waals surface area contributed by atoms with Crippen LogP contribution < -0.4 is 5.32 Å². The van der Waals surface area contributed by atoms with Gasteiger partial charge < -0.3 is 5.32 Å². The molecule has 1 aromatic carbocycles. The van der Waals surface area contributed by atoms with Crippen LogP contribution in [0.15, 0.2) is 48.8 Å². The Kier molecular flexibility index (Phi) is 4.28. The highest BCUT2D eigenvalue weighted by atomic mass is 32.1. The fraction of sp³-hybridized carbons (Fsp3) is 0.211. The zero-order valence-corrected chi connectivity index (χ0v) is 14.2. The molecule has 0 radical (unpaired) electrons. The number of carbonyl (C=O) groups excluding carboxylic acids is 1. The summed E-state index contributed by atoms with van der Waals surface area (Å²) in [6.07, 6.45) is 5.80. The van der Waals surface area contributed by atoms with Gasteiger partial charge >= 0.3 is 0 Å². The number of benzene rings is 1. The predicted octanol–water partition coefficient (Wildman–Crippen LogP) is 4.09. The summed E-state index contributed by atoms with van der Waals surface area (Å²) in [5, 5.41) is 3.86. The summed E-state index contributed by atoms with van der Waals surface area (Å²) in [7, 11) is 0. The molecule has 1 unspecified atom stereocenters. The average molecular weight is 353 g/mol. The molecule has 0 aliphatic heterocycles. The van der Waals surface area contributed by atoms with E-state index in [9.17, 15) is 9.18 Å². The summed E-state index contributed by atoms with van der Waals surface area (Å²) in [6.45, 7) is 0. The molecule has 126 valence electrons. The van der Waals surface area contributed by atoms with E-state index < -0.39 is 0 Å². The monoisotopic (exact) mass is 353 g/mol. The number of hydrogen-bond acceptors (Lipinski definition) is 4. The van der Waals surface area contributed by atoms with Crippen LogP contribution >= 0.6 is 11.3 Å². The molecule has 1 N–H and O–H groups in total. The summed E-state index contributed by atoms with van der Waals surface area (Å²) >= 11 is 1.65. The fourth-order valence-electron chi connectivity index (χ4n) is 2.99. The molecule has 0 spiro atoms. The van der Waals surface area contributed by atoms with Crippen molar-refractivity contribution in [2.75, 3.05) is 5.32 Å². The lowest BCUT2D eigenvalue weighted by molar-refractivity contribution is -0.120. The molecule has 25 heavy (non-hydrogen) atoms. The first kappa shape index (κ1) is 15.9. The second kappa shape index (κ2) is 6.72. The Hall–Kier alpha value is -2.60. The normalized spacial score (nSPS) is 16.3. The van der Waals surface area contributed by atoms with Gasteiger partial charge in [0, 0.05) is 34.4 Å². The Labute approximate surface area is 148 Å². The van der Waals surface area contributed by atoms with Crippen LogP contribution in [0.5, 0.6) is 0 Å². The highest BCUT2D eigenvalue weighted by Gasteiger charge is 2.27. The summed E-state index contributed by atoms with van der Waals surface area (Å²) in [5.41, 5.74) is 2.78. The number of hydrogen-bond donors (Lipinski definition) is 1. The van der Waals surface area contributed by atoms with Gasteiger partial charge in [-0.3, -0.25) is 9.78 Å². The van der Waals surface area contributed by atoms with Crippen molar-refractivity contribution >= 4 is 22.9 Å². The molecule has 4 rings (SSSR count). The number of aromatic nitrogens is 2. The number of anilines is 1. The quantitative estimate of drug-likeness (QED) is 0.772. The second-order valence-corrected chi connectivity index (χ2v) is 7.14. The number of aryl methyl sites for hydroxylation is 1. The molecule has 6 heteroatoms. The molecule has 3 aromatic rings. The largest absolute Gasteiger partial charge is 0.326 e. The highest BCUT2D eigenvalue weighted by Crippen LogP contribution is 2.34. The van der Waals surface area contributed by atoms with Gasteiger partial charge in [0.1, 0.15) is 10.8 Å². The van der Waals surface area contributed by atoms with Crippen molar-refractivity contribution in [2.24, 2.45) is 5.92 Å². The lowest BCUT2D eigenvalue weighted by Gasteiger charge is -2.20. The lowest BCUT2D eigenvalue weighted by atomic mass is 9.90. The molecule has 1 amide bonds. The van der Waals surface area contributed by atoms with Crippen LogP contribution in [-0.2, 0) is 17.6 Å². The second-order valence-electron chi connectivity index (χ2n) is 6.06. The number of nitrogens with zero attached hydrogens (tertiary/aromatic N) is 2. The van der Waals surface area contributed by atoms with E-state index in [1.54, 1.807) is 35.9 Å². The molecular formula is C19H16FN3OS. The van der Waals surface area contributed by atoms with E-state index in [2.05, 4.69) is 10.3 Å². The van der Waals surface area contributed by atoms with Crippen molar-refractivity contribution < 1.29 is 9.18 Å². The first-order chi connectivity index (χ1) is 12.2. The van der Waals surface area contributed by atoms with Gasteiger partial charge in [-0.25, -0.2) is 9.37 Å². The van der Waals surface area contributed by atoms with Crippen molar-refractivity contribution in [2.45, 2.75) is 19.3 Å². The van der Waals surface area contributed by atoms with E-state index in [0.717, 1.165) is 29.1 Å². The van der Waals surface area contributed by atoms with Gasteiger partial charge in [-0.05, 0) is 55.7 Å². The van der Waals surface area contributed by atoms with E-state index in [1.807, 2.05) is 12.1 Å². The minimum atomic E-state index is -0.311. The van der Waals surface area contributed by atoms with Gasteiger partial charge in [-0.15, -0.1) is 11.3 Å². The van der Waals surface area contributed by atoms with Crippen molar-refractivity contribution in [3.63, 3.8) is 0 Å². The maximum Gasteiger partial charge on any atom is 0.227 e. The van der Waals surface area contributed by atoms with Crippen LogP contribution in [0.1, 0.15) is 17.0 Å². The topological polar surface area (TPSA) is 54.9 Å². The Balaban J connectivity index is 1.48. The smallest absolute Gasteiger partial charge is 0.227 e. The number of halogens is 1. The molecular weight excluding hydrogens is 337 g/mol. The number of pyridine rings is 1. The third kappa shape index (κ3) is 3.44. The summed E-state index contributed by atoms with van der Waals surface area (Å²) < 4.78 is 13.0. The van der Waals surface area contributed by atoms with Crippen LogP contribution in [0.2, 0.25) is 0 Å². The average Bonchev–Trinajstić information content (AvgIpc) is 3.07. The maximum absolute atomic E-state index is 13.0. The molecule has 4 nitrogen and oxygen atoms in total. The Morgan fingerprint density at radius 3 is 2.68 bits per heavy atom. The van der Waals surface area contributed by atoms with Crippen LogP contribution in [0, 0.1) is 11.7 Å². The van der Waals surface area contributed by atoms with E-state index >= 15 is 0 Å². The van der Waals surface area contributed by atoms with Crippen molar-refractivity contribution in [3.05, 3.63) is 65.2 Å². The minimum Gasteiger partial charge on any atom is -0.326 e. The molecule has 2 heterocycles. The van der Waals surface area contributed by atoms with E-state index in [4.69, 9.17) is 4.98 Å². The van der Waals surface area contributed by atoms with E-state index in [0.29, 0.717) is 12.1 Å². The van der Waals surface area contributed by atoms with Gasteiger partial charge in [0.05, 0.1) is 5.69 Å². The zero-order valence-electron chi connectivity index (χ0n) is 13.4. The third-order valence-electron chi connectivity index (χ3n) is 4.35. The molecule has 0 bridgehead atoms. The summed E-state index contributed by atoms with van der Waals surface area (Å²) in [5.74, 6) is -0.409. The fourth-order valence-corrected chi connectivity index (χ4v) is 4.19. The van der Waals surface area contributed by atoms with Crippen LogP contribution in [-0.4, -0.2) is 15.9 Å². The minimum absolute atomic E-state index is 0.0175. The maximum atomic E-state index is 13.0. The van der Waals surface area contributed by atoms with Gasteiger partial charge in [-0.2, -0.15) is 0 Å². The van der Waals surface area contributed by atoms with Gasteiger partial charge in [-0.1, -0.05) is 0 Å². The number of fused-ring (bicyclic) bond motifs is 1. The molecule has 1 aliphatic carbocycles. The Morgan fingerprint density at radius 1 is 1.16 bits per heavy atom. The third-order valence-corrected chi connectivity index (χ3v) is 5.52. The van der Waals surface area contributed by atoms with E-state index in [-0.39, 0.29) is 17.6 Å². The molecule has 1 aliphatic rings. The summed E-state index contributed by atoms with van der Waals surface area (Å²) in [4.78, 5) is 22.4. The Morgan fingerprint density at radius 2 is 1.92 bits per heavy atom. The molecule has 2 aromatic heterocycles. The van der Waals surface area contributed by atoms with Gasteiger partial charge in [0.2, 0.25) is 5.91 Å². The molecule has 1 atom stereocenters. The molecule has 0 fully saturated rings. The highest BCUT2D eigenvalue weighted by molar-refractivity contribution is 7.15. The van der Waals surface area contributed by atoms with Crippen molar-refractivity contribution in [1.29, 1.82) is 0 Å². The van der Waals surface area contributed by atoms with Crippen LogP contribution in [0.25, 0.3) is 10.6 Å². The van der Waals surface area contributed by atoms with Crippen LogP contribution in [0.3, 0.4) is 0 Å². The standard InChI is InChI=1S/C19H16FN3OS/c20-14-2-4-15(5-3-14)22-18(24)13-1-6-16-17(11-13)25-19(23-16)12-7-9-21-10-8-12/h2-5,7-10,13H,1,6,11H2,(H,22,24). The number of nitrogens with one attached hydrogen (secondary N) is 1. The first-order valence-electron chi connectivity index (χ1n) is 8.14. The number of rotatable bonds is 3. The van der Waals surface area contributed by atoms with Crippen molar-refractivity contribution in [3.8, 4) is 10.6 Å². The predicted molar refractivity (Wildman–Crippen MR) is 95.9 cm³/mol. The van der Waals surface area contributed by atoms with E-state index in [1.165, 1.54) is 17.0 Å². The van der Waals surface area contributed by atoms with Crippen LogP contribution in [0.4, 0.5) is 10.1 Å².